The fraction of sp³-hybridized carbons (Fsp3) is 0.812. The van der Waals surface area contributed by atoms with Crippen molar-refractivity contribution in [3.8, 4) is 0 Å². The first kappa shape index (κ1) is 39.4. The summed E-state index contributed by atoms with van der Waals surface area (Å²) in [6, 6.07) is 0. The van der Waals surface area contributed by atoms with Crippen LogP contribution in [-0.4, -0.2) is 76.8 Å². The van der Waals surface area contributed by atoms with Gasteiger partial charge in [0.05, 0.1) is 5.92 Å². The average molecular weight is 554 g/mol. The fourth-order valence-corrected chi connectivity index (χ4v) is 3.91. The summed E-state index contributed by atoms with van der Waals surface area (Å²) in [5.41, 5.74) is 3.83. The number of carbonyl (C=O) groups is 2. The number of nitrogens with zero attached hydrogens (tertiary/aromatic N) is 2. The molecular weight excluding hydrogens is 490 g/mol. The minimum absolute atomic E-state index is 0.781. The smallest absolute Gasteiger partial charge is 0.331 e. The van der Waals surface area contributed by atoms with Crippen molar-refractivity contribution in [2.75, 3.05) is 39.3 Å². The van der Waals surface area contributed by atoms with E-state index < -0.39 is 23.4 Å². The van der Waals surface area contributed by atoms with Gasteiger partial charge >= 0.3 is 11.9 Å². The largest absolute Gasteiger partial charge is 0.481 e. The number of aliphatic carboxylic acids is 2. The molecule has 0 saturated heterocycles. The van der Waals surface area contributed by atoms with Gasteiger partial charge in [-0.15, -0.1) is 0 Å². The van der Waals surface area contributed by atoms with E-state index in [2.05, 4.69) is 51.3 Å². The van der Waals surface area contributed by atoms with Gasteiger partial charge in [0.25, 0.3) is 0 Å². The number of hydrogen-bond acceptors (Lipinski definition) is 5. The van der Waals surface area contributed by atoms with E-state index in [-0.39, 0.29) is 0 Å². The predicted molar refractivity (Wildman–Crippen MR) is 166 cm³/mol. The summed E-state index contributed by atoms with van der Waals surface area (Å²) in [5.74, 6) is -3.01. The van der Waals surface area contributed by atoms with Gasteiger partial charge in [-0.1, -0.05) is 104 Å². The highest BCUT2D eigenvalue weighted by Gasteiger charge is 2.31. The van der Waals surface area contributed by atoms with E-state index in [1.54, 1.807) is 0 Å². The third-order valence-electron chi connectivity index (χ3n) is 6.78. The highest BCUT2D eigenvalue weighted by Crippen LogP contribution is 2.17. The molecule has 0 amide bonds. The van der Waals surface area contributed by atoms with Crippen molar-refractivity contribution >= 4 is 11.9 Å². The number of nitrogens with two attached hydrogens (primary N) is 1. The zero-order valence-corrected chi connectivity index (χ0v) is 26.3. The molecule has 230 valence electrons. The molecule has 1 aliphatic rings. The summed E-state index contributed by atoms with van der Waals surface area (Å²) in [4.78, 5) is 26.3. The quantitative estimate of drug-likeness (QED) is 0.140. The maximum atomic E-state index is 10.6. The van der Waals surface area contributed by atoms with E-state index in [4.69, 9.17) is 15.9 Å². The van der Waals surface area contributed by atoms with Gasteiger partial charge in [0.1, 0.15) is 0 Å². The Kier molecular flexibility index (Phi) is 26.8. The van der Waals surface area contributed by atoms with Crippen LogP contribution in [0.3, 0.4) is 0 Å². The lowest BCUT2D eigenvalue weighted by atomic mass is 9.90. The summed E-state index contributed by atoms with van der Waals surface area (Å²) < 4.78 is 0. The van der Waals surface area contributed by atoms with E-state index in [1.165, 1.54) is 141 Å². The molecule has 0 heterocycles. The monoisotopic (exact) mass is 553 g/mol. The van der Waals surface area contributed by atoms with Crippen LogP contribution in [0.4, 0.5) is 0 Å². The molecule has 0 radical (unpaired) electrons. The summed E-state index contributed by atoms with van der Waals surface area (Å²) in [6.45, 7) is 21.5. The van der Waals surface area contributed by atoms with Gasteiger partial charge in [0, 0.05) is 0 Å². The van der Waals surface area contributed by atoms with Crippen molar-refractivity contribution in [1.82, 2.24) is 9.80 Å². The van der Waals surface area contributed by atoms with Crippen molar-refractivity contribution in [2.45, 2.75) is 124 Å². The summed E-state index contributed by atoms with van der Waals surface area (Å²) in [7, 11) is 0. The van der Waals surface area contributed by atoms with E-state index in [9.17, 15) is 9.59 Å². The van der Waals surface area contributed by atoms with Gasteiger partial charge in [-0.25, -0.2) is 4.79 Å². The lowest BCUT2D eigenvalue weighted by molar-refractivity contribution is -0.141. The normalized spacial score (nSPS) is 17.9. The zero-order chi connectivity index (χ0) is 29.9. The molecule has 0 aromatic rings. The Morgan fingerprint density at radius 1 is 0.615 bits per heavy atom. The van der Waals surface area contributed by atoms with Gasteiger partial charge in [-0.2, -0.15) is 0 Å². The zero-order valence-electron chi connectivity index (χ0n) is 26.3. The lowest BCUT2D eigenvalue weighted by Crippen LogP contribution is -2.45. The summed E-state index contributed by atoms with van der Waals surface area (Å²) >= 11 is 0. The summed E-state index contributed by atoms with van der Waals surface area (Å²) in [5, 5.41) is 17.2. The fourth-order valence-electron chi connectivity index (χ4n) is 3.91. The van der Waals surface area contributed by atoms with Crippen LogP contribution in [0, 0.1) is 5.92 Å². The molecule has 0 aliphatic heterocycles. The van der Waals surface area contributed by atoms with Crippen LogP contribution in [0.15, 0.2) is 24.3 Å². The third kappa shape index (κ3) is 21.8. The van der Waals surface area contributed by atoms with Crippen LogP contribution >= 0.6 is 0 Å². The molecule has 0 atom stereocenters. The van der Waals surface area contributed by atoms with Crippen molar-refractivity contribution in [3.63, 3.8) is 0 Å². The first-order valence-electron chi connectivity index (χ1n) is 15.7. The number of hydrogen-bond donors (Lipinski definition) is 3. The highest BCUT2D eigenvalue weighted by molar-refractivity contribution is 5.86. The molecule has 7 nitrogen and oxygen atoms in total. The molecule has 7 heteroatoms. The Bertz CT molecular complexity index is 575. The van der Waals surface area contributed by atoms with Crippen LogP contribution in [0.2, 0.25) is 0 Å². The maximum absolute atomic E-state index is 10.6. The van der Waals surface area contributed by atoms with E-state index in [0.717, 1.165) is 0 Å². The molecule has 1 rings (SSSR count). The minimum Gasteiger partial charge on any atom is -0.481 e. The van der Waals surface area contributed by atoms with E-state index >= 15 is 0 Å². The molecule has 4 N–H and O–H groups in total. The Morgan fingerprint density at radius 2 is 0.872 bits per heavy atom. The minimum atomic E-state index is -1.56. The molecule has 0 spiro atoms. The second-order valence-electron chi connectivity index (χ2n) is 10.6. The van der Waals surface area contributed by atoms with Crippen LogP contribution in [0.25, 0.3) is 0 Å². The molecule has 0 aromatic carbocycles. The van der Waals surface area contributed by atoms with Crippen molar-refractivity contribution in [1.29, 1.82) is 0 Å². The van der Waals surface area contributed by atoms with Gasteiger partial charge < -0.3 is 25.7 Å². The number of carboxylic acid groups (broad SMARTS) is 2. The maximum Gasteiger partial charge on any atom is 0.331 e. The molecular formula is C32H63N3O4. The molecule has 0 saturated carbocycles. The predicted octanol–water partition coefficient (Wildman–Crippen LogP) is 6.97. The second kappa shape index (κ2) is 26.5. The van der Waals surface area contributed by atoms with Gasteiger partial charge in [0.15, 0.2) is 5.54 Å². The SMILES string of the molecule is CCCCN(CCCC)CCCC.CCCCN(CCCC)CCCC.NC1(C(=O)O)C=CC(C(=O)O)C=C1. The third-order valence-corrected chi connectivity index (χ3v) is 6.78. The number of unbranched alkanes of at least 4 members (excludes halogenated alkanes) is 6. The Balaban J connectivity index is 0. The lowest BCUT2D eigenvalue weighted by Gasteiger charge is -2.21. The average Bonchev–Trinajstić information content (AvgIpc) is 2.93. The summed E-state index contributed by atoms with van der Waals surface area (Å²) in [6.07, 6.45) is 21.0. The standard InChI is InChI=1S/2C12H27N.C8H9NO4/c2*1-4-7-10-13(11-8-5-2)12-9-6-3;9-8(7(12)13)3-1-5(2-4-8)6(10)11/h2*4-12H2,1-3H3;1-5H,9H2,(H,10,11)(H,12,13). The Hall–Kier alpha value is -1.70. The molecule has 0 fully saturated rings. The molecule has 39 heavy (non-hydrogen) atoms. The van der Waals surface area contributed by atoms with Gasteiger partial charge in [-0.05, 0) is 77.8 Å². The Morgan fingerprint density at radius 3 is 1.05 bits per heavy atom. The topological polar surface area (TPSA) is 107 Å². The molecule has 0 aromatic heterocycles. The van der Waals surface area contributed by atoms with Crippen LogP contribution in [0.5, 0.6) is 0 Å². The van der Waals surface area contributed by atoms with Crippen LogP contribution in [-0.2, 0) is 9.59 Å². The van der Waals surface area contributed by atoms with Crippen molar-refractivity contribution in [3.05, 3.63) is 24.3 Å². The van der Waals surface area contributed by atoms with E-state index in [0.29, 0.717) is 0 Å². The van der Waals surface area contributed by atoms with Gasteiger partial charge in [0.2, 0.25) is 0 Å². The van der Waals surface area contributed by atoms with Crippen LogP contribution < -0.4 is 5.73 Å². The Labute approximate surface area is 240 Å². The van der Waals surface area contributed by atoms with Crippen LogP contribution in [0.1, 0.15) is 119 Å². The second-order valence-corrected chi connectivity index (χ2v) is 10.6. The first-order chi connectivity index (χ1) is 18.6. The van der Waals surface area contributed by atoms with Gasteiger partial charge in [-0.3, -0.25) is 4.79 Å². The van der Waals surface area contributed by atoms with E-state index in [1.807, 2.05) is 0 Å². The number of rotatable bonds is 20. The van der Waals surface area contributed by atoms with Crippen molar-refractivity contribution < 1.29 is 19.8 Å². The highest BCUT2D eigenvalue weighted by atomic mass is 16.4. The molecule has 0 unspecified atom stereocenters. The van der Waals surface area contributed by atoms with Crippen molar-refractivity contribution in [2.24, 2.45) is 11.7 Å². The molecule has 0 bridgehead atoms. The number of carboxylic acids is 2. The molecule has 1 aliphatic carbocycles. The first-order valence-corrected chi connectivity index (χ1v) is 15.7.